The van der Waals surface area contributed by atoms with E-state index in [1.807, 2.05) is 6.92 Å². The number of ether oxygens (including phenoxy) is 2. The fourth-order valence-corrected chi connectivity index (χ4v) is 7.13. The Morgan fingerprint density at radius 2 is 1.04 bits per heavy atom. The van der Waals surface area contributed by atoms with Gasteiger partial charge in [0.25, 0.3) is 5.91 Å². The van der Waals surface area contributed by atoms with E-state index in [0.717, 1.165) is 19.6 Å². The van der Waals surface area contributed by atoms with Crippen LogP contribution in [0.4, 0.5) is 0 Å². The van der Waals surface area contributed by atoms with E-state index in [-0.39, 0.29) is 0 Å². The van der Waals surface area contributed by atoms with Crippen LogP contribution < -0.4 is 5.09 Å². The third kappa shape index (κ3) is 7.31. The first-order chi connectivity index (χ1) is 12.3. The van der Waals surface area contributed by atoms with Gasteiger partial charge in [-0.25, -0.2) is 0 Å². The van der Waals surface area contributed by atoms with E-state index in [9.17, 15) is 0 Å². The Balaban J connectivity index is 5.94. The van der Waals surface area contributed by atoms with Crippen LogP contribution in [0.3, 0.4) is 0 Å². The Morgan fingerprint density at radius 3 is 1.27 bits per heavy atom. The minimum Gasteiger partial charge on any atom is -0.339 e. The van der Waals surface area contributed by atoms with E-state index in [1.54, 1.807) is 14.2 Å². The van der Waals surface area contributed by atoms with E-state index in [0.29, 0.717) is 0 Å². The molecule has 0 bridgehead atoms. The predicted molar refractivity (Wildman–Crippen MR) is 115 cm³/mol. The van der Waals surface area contributed by atoms with Gasteiger partial charge in [0.2, 0.25) is 0 Å². The van der Waals surface area contributed by atoms with Crippen molar-refractivity contribution in [1.29, 1.82) is 0 Å². The summed E-state index contributed by atoms with van der Waals surface area (Å²) in [5.74, 6) is -0.824. The maximum Gasteiger partial charge on any atom is 0.310 e. The van der Waals surface area contributed by atoms with Crippen LogP contribution in [0.25, 0.3) is 0 Å². The summed E-state index contributed by atoms with van der Waals surface area (Å²) < 4.78 is 19.0. The van der Waals surface area contributed by atoms with Crippen LogP contribution in [0.2, 0.25) is 0 Å². The second-order valence-electron chi connectivity index (χ2n) is 7.24. The van der Waals surface area contributed by atoms with Gasteiger partial charge in [-0.2, -0.15) is 0 Å². The summed E-state index contributed by atoms with van der Waals surface area (Å²) in [5.41, 5.74) is 0. The summed E-state index contributed by atoms with van der Waals surface area (Å²) in [6.45, 7) is 11.9. The number of nitrogens with zero attached hydrogens (tertiary/aromatic N) is 3. The molecule has 0 fully saturated rings. The van der Waals surface area contributed by atoms with Crippen LogP contribution in [0, 0.1) is 0 Å². The van der Waals surface area contributed by atoms with Gasteiger partial charge in [0, 0.05) is 61.9 Å². The number of nitrogens with one attached hydrogen (secondary N) is 1. The SMILES string of the molecule is CCCCN(C)[P+](NC(C)(OC)OC)(N(C)CCCC)N(C)CCCC. The Morgan fingerprint density at radius 1 is 0.731 bits per heavy atom. The summed E-state index contributed by atoms with van der Waals surface area (Å²) in [6.07, 6.45) is 7.11. The highest BCUT2D eigenvalue weighted by Gasteiger charge is 2.56. The van der Waals surface area contributed by atoms with Crippen molar-refractivity contribution in [3.63, 3.8) is 0 Å². The molecule has 0 aromatic rings. The van der Waals surface area contributed by atoms with E-state index >= 15 is 0 Å². The lowest BCUT2D eigenvalue weighted by molar-refractivity contribution is -0.202. The van der Waals surface area contributed by atoms with Crippen LogP contribution >= 0.6 is 7.87 Å². The zero-order chi connectivity index (χ0) is 20.2. The molecule has 0 unspecified atom stereocenters. The third-order valence-electron chi connectivity index (χ3n) is 5.07. The lowest BCUT2D eigenvalue weighted by Crippen LogP contribution is -2.57. The first kappa shape index (κ1) is 26.2. The lowest BCUT2D eigenvalue weighted by atomic mass is 10.3. The van der Waals surface area contributed by atoms with Gasteiger partial charge in [0.05, 0.1) is 0 Å². The van der Waals surface area contributed by atoms with Crippen molar-refractivity contribution in [1.82, 2.24) is 19.1 Å². The van der Waals surface area contributed by atoms with Gasteiger partial charge in [0.15, 0.2) is 0 Å². The molecule has 0 aliphatic carbocycles. The molecule has 0 aliphatic rings. The minimum atomic E-state index is -2.01. The molecule has 0 saturated carbocycles. The summed E-state index contributed by atoms with van der Waals surface area (Å²) >= 11 is 0. The molecule has 0 aromatic carbocycles. The number of unbranched alkanes of at least 4 members (excludes halogenated alkanes) is 3. The van der Waals surface area contributed by atoms with Gasteiger partial charge >= 0.3 is 7.87 Å². The molecule has 1 N–H and O–H groups in total. The molecule has 158 valence electrons. The molecule has 0 spiro atoms. The highest BCUT2D eigenvalue weighted by atomic mass is 31.2. The monoisotopic (exact) mass is 393 g/mol. The van der Waals surface area contributed by atoms with Gasteiger partial charge in [-0.1, -0.05) is 45.1 Å². The van der Waals surface area contributed by atoms with Gasteiger partial charge < -0.3 is 9.47 Å². The van der Waals surface area contributed by atoms with Crippen molar-refractivity contribution in [2.24, 2.45) is 0 Å². The van der Waals surface area contributed by atoms with Crippen molar-refractivity contribution >= 4 is 7.87 Å². The van der Waals surface area contributed by atoms with Crippen LogP contribution in [0.15, 0.2) is 0 Å². The van der Waals surface area contributed by atoms with E-state index in [1.165, 1.54) is 38.5 Å². The van der Waals surface area contributed by atoms with Crippen molar-refractivity contribution in [2.45, 2.75) is 72.1 Å². The van der Waals surface area contributed by atoms with Gasteiger partial charge in [0.1, 0.15) is 0 Å². The molecule has 0 amide bonds. The van der Waals surface area contributed by atoms with Gasteiger partial charge in [-0.3, -0.25) is 0 Å². The second-order valence-corrected chi connectivity index (χ2v) is 10.6. The average Bonchev–Trinajstić information content (AvgIpc) is 2.65. The molecule has 0 aliphatic heterocycles. The molecule has 26 heavy (non-hydrogen) atoms. The van der Waals surface area contributed by atoms with E-state index in [4.69, 9.17) is 9.47 Å². The minimum absolute atomic E-state index is 0.824. The zero-order valence-electron chi connectivity index (χ0n) is 19.0. The van der Waals surface area contributed by atoms with E-state index < -0.39 is 13.8 Å². The molecule has 0 saturated heterocycles. The first-order valence-electron chi connectivity index (χ1n) is 10.2. The third-order valence-corrected chi connectivity index (χ3v) is 9.23. The lowest BCUT2D eigenvalue weighted by Gasteiger charge is -2.46. The zero-order valence-corrected chi connectivity index (χ0v) is 19.9. The first-order valence-corrected chi connectivity index (χ1v) is 11.9. The summed E-state index contributed by atoms with van der Waals surface area (Å²) in [7, 11) is 8.12. The molecular formula is C19H46N4O2P+. The molecule has 7 heteroatoms. The maximum absolute atomic E-state index is 5.72. The smallest absolute Gasteiger partial charge is 0.310 e. The normalized spacial score (nSPS) is 13.4. The topological polar surface area (TPSA) is 40.2 Å². The number of rotatable bonds is 16. The molecule has 6 nitrogen and oxygen atoms in total. The highest BCUT2D eigenvalue weighted by Crippen LogP contribution is 2.63. The Kier molecular flexibility index (Phi) is 13.5. The predicted octanol–water partition coefficient (Wildman–Crippen LogP) is 4.42. The highest BCUT2D eigenvalue weighted by molar-refractivity contribution is 7.67. The van der Waals surface area contributed by atoms with Crippen molar-refractivity contribution < 1.29 is 9.47 Å². The summed E-state index contributed by atoms with van der Waals surface area (Å²) in [5, 5.41) is 3.81. The Bertz CT molecular complexity index is 320. The molecular weight excluding hydrogens is 347 g/mol. The molecule has 0 aromatic heterocycles. The van der Waals surface area contributed by atoms with Crippen LogP contribution in [0.1, 0.15) is 66.2 Å². The van der Waals surface area contributed by atoms with Crippen molar-refractivity contribution in [3.8, 4) is 0 Å². The average molecular weight is 394 g/mol. The van der Waals surface area contributed by atoms with Gasteiger partial charge in [-0.05, 0) is 19.3 Å². The fraction of sp³-hybridized carbons (Fsp3) is 1.00. The van der Waals surface area contributed by atoms with Crippen molar-refractivity contribution in [2.75, 3.05) is 55.0 Å². The van der Waals surface area contributed by atoms with Crippen LogP contribution in [-0.4, -0.2) is 74.9 Å². The van der Waals surface area contributed by atoms with Gasteiger partial charge in [-0.15, -0.1) is 14.0 Å². The molecule has 0 atom stereocenters. The summed E-state index contributed by atoms with van der Waals surface area (Å²) in [6, 6.07) is 0. The van der Waals surface area contributed by atoms with Crippen molar-refractivity contribution in [3.05, 3.63) is 0 Å². The van der Waals surface area contributed by atoms with Crippen LogP contribution in [-0.2, 0) is 9.47 Å². The summed E-state index contributed by atoms with van der Waals surface area (Å²) in [4.78, 5) is 0. The fourth-order valence-electron chi connectivity index (χ4n) is 3.06. The quantitative estimate of drug-likeness (QED) is 0.309. The maximum atomic E-state index is 5.72. The Labute approximate surface area is 164 Å². The number of hydrogen-bond acceptors (Lipinski definition) is 6. The molecule has 0 radical (unpaired) electrons. The molecule has 0 rings (SSSR count). The number of methoxy groups -OCH3 is 2. The molecule has 0 heterocycles. The Hall–Kier alpha value is 0.190. The standard InChI is InChI=1S/C19H46N4O2P/c1-10-13-16-21(5)26(22(6)17-14-11-2,23(7)18-15-12-3)20-19(4,24-8)25-9/h20H,10-18H2,1-9H3/q+1. The van der Waals surface area contributed by atoms with Crippen LogP contribution in [0.5, 0.6) is 0 Å². The number of hydrogen-bond donors (Lipinski definition) is 1. The van der Waals surface area contributed by atoms with E-state index in [2.05, 4.69) is 61.0 Å². The second kappa shape index (κ2) is 13.4. The largest absolute Gasteiger partial charge is 0.339 e.